The van der Waals surface area contributed by atoms with E-state index in [0.717, 1.165) is 0 Å². The number of halogens is 1. The molecule has 0 bridgehead atoms. The van der Waals surface area contributed by atoms with Crippen molar-refractivity contribution in [3.63, 3.8) is 0 Å². The smallest absolute Gasteiger partial charge is 0.275 e. The van der Waals surface area contributed by atoms with Gasteiger partial charge in [0, 0.05) is 22.2 Å². The van der Waals surface area contributed by atoms with E-state index in [9.17, 15) is 14.9 Å². The molecular weight excluding hydrogens is 306 g/mol. The molecule has 1 amide bonds. The van der Waals surface area contributed by atoms with Gasteiger partial charge in [-0.15, -0.1) is 0 Å². The summed E-state index contributed by atoms with van der Waals surface area (Å²) in [6, 6.07) is 9.57. The number of anilines is 1. The molecule has 0 aromatic heterocycles. The lowest BCUT2D eigenvalue weighted by Crippen LogP contribution is -2.13. The van der Waals surface area contributed by atoms with Crippen LogP contribution in [0, 0.1) is 17.0 Å². The minimum atomic E-state index is -0.474. The maximum Gasteiger partial charge on any atom is 0.275 e. The highest BCUT2D eigenvalue weighted by Gasteiger charge is 2.26. The Balaban J connectivity index is 2.10. The van der Waals surface area contributed by atoms with Gasteiger partial charge in [-0.2, -0.15) is 0 Å². The zero-order valence-electron chi connectivity index (χ0n) is 11.5. The van der Waals surface area contributed by atoms with Crippen LogP contribution in [0.4, 0.5) is 17.1 Å². The van der Waals surface area contributed by atoms with Crippen molar-refractivity contribution in [2.45, 2.75) is 6.92 Å². The van der Waals surface area contributed by atoms with Crippen LogP contribution in [0.15, 0.2) is 41.4 Å². The molecule has 0 aliphatic carbocycles. The molecule has 0 saturated heterocycles. The van der Waals surface area contributed by atoms with Crippen LogP contribution in [-0.4, -0.2) is 16.5 Å². The quantitative estimate of drug-likeness (QED) is 0.678. The third-order valence-corrected chi connectivity index (χ3v) is 3.57. The van der Waals surface area contributed by atoms with Crippen LogP contribution < -0.4 is 5.32 Å². The van der Waals surface area contributed by atoms with Crippen molar-refractivity contribution in [1.29, 1.82) is 0 Å². The van der Waals surface area contributed by atoms with Crippen LogP contribution in [0.25, 0.3) is 0 Å². The first-order chi connectivity index (χ1) is 10.5. The monoisotopic (exact) mass is 315 g/mol. The molecule has 22 heavy (non-hydrogen) atoms. The Kier molecular flexibility index (Phi) is 3.38. The molecular formula is C15H10ClN3O3. The normalized spacial score (nSPS) is 14.8. The number of carbonyl (C=O) groups excluding carboxylic acids is 1. The van der Waals surface area contributed by atoms with Crippen molar-refractivity contribution in [3.8, 4) is 0 Å². The first-order valence-electron chi connectivity index (χ1n) is 6.41. The Morgan fingerprint density at radius 3 is 2.73 bits per heavy atom. The van der Waals surface area contributed by atoms with E-state index in [-0.39, 0.29) is 17.3 Å². The van der Waals surface area contributed by atoms with E-state index in [1.54, 1.807) is 37.3 Å². The molecule has 2 aromatic carbocycles. The number of nitro benzene ring substituents is 1. The van der Waals surface area contributed by atoms with Gasteiger partial charge in [-0.05, 0) is 31.2 Å². The number of carbonyl (C=O) groups is 1. The van der Waals surface area contributed by atoms with Crippen molar-refractivity contribution in [2.75, 3.05) is 5.32 Å². The predicted octanol–water partition coefficient (Wildman–Crippen LogP) is 3.63. The third-order valence-electron chi connectivity index (χ3n) is 3.33. The number of rotatable bonds is 2. The SMILES string of the molecule is Cc1ccc(N=C2C(=O)Nc3ccc(Cl)cc32)cc1[N+](=O)[O-]. The number of nitrogens with one attached hydrogen (secondary N) is 1. The number of nitro groups is 1. The number of aryl methyl sites for hydroxylation is 1. The van der Waals surface area contributed by atoms with Crippen molar-refractivity contribution < 1.29 is 9.72 Å². The van der Waals surface area contributed by atoms with Gasteiger partial charge in [0.1, 0.15) is 5.71 Å². The third kappa shape index (κ3) is 2.44. The van der Waals surface area contributed by atoms with E-state index in [4.69, 9.17) is 11.6 Å². The molecule has 6 nitrogen and oxygen atoms in total. The van der Waals surface area contributed by atoms with Gasteiger partial charge >= 0.3 is 0 Å². The van der Waals surface area contributed by atoms with Gasteiger partial charge in [0.15, 0.2) is 0 Å². The van der Waals surface area contributed by atoms with Crippen molar-refractivity contribution in [2.24, 2.45) is 4.99 Å². The van der Waals surface area contributed by atoms with Gasteiger partial charge in [-0.1, -0.05) is 17.7 Å². The number of benzene rings is 2. The predicted molar refractivity (Wildman–Crippen MR) is 84.1 cm³/mol. The Hall–Kier alpha value is -2.73. The van der Waals surface area contributed by atoms with E-state index in [0.29, 0.717) is 27.5 Å². The van der Waals surface area contributed by atoms with Gasteiger partial charge in [-0.3, -0.25) is 14.9 Å². The van der Waals surface area contributed by atoms with E-state index in [1.165, 1.54) is 6.07 Å². The topological polar surface area (TPSA) is 84.6 Å². The van der Waals surface area contributed by atoms with Gasteiger partial charge in [0.05, 0.1) is 16.3 Å². The number of amides is 1. The average Bonchev–Trinajstić information content (AvgIpc) is 2.76. The number of nitrogens with zero attached hydrogens (tertiary/aromatic N) is 2. The Bertz CT molecular complexity index is 846. The Morgan fingerprint density at radius 2 is 2.00 bits per heavy atom. The molecule has 2 aromatic rings. The summed E-state index contributed by atoms with van der Waals surface area (Å²) in [6.07, 6.45) is 0. The molecule has 110 valence electrons. The highest BCUT2D eigenvalue weighted by molar-refractivity contribution is 6.54. The number of fused-ring (bicyclic) bond motifs is 1. The summed E-state index contributed by atoms with van der Waals surface area (Å²) in [4.78, 5) is 26.8. The minimum Gasteiger partial charge on any atom is -0.320 e. The maximum atomic E-state index is 12.0. The van der Waals surface area contributed by atoms with Crippen molar-refractivity contribution >= 4 is 40.3 Å². The van der Waals surface area contributed by atoms with Gasteiger partial charge < -0.3 is 5.32 Å². The molecule has 0 saturated carbocycles. The largest absolute Gasteiger partial charge is 0.320 e. The summed E-state index contributed by atoms with van der Waals surface area (Å²) in [5, 5.41) is 14.1. The lowest BCUT2D eigenvalue weighted by Gasteiger charge is -2.01. The van der Waals surface area contributed by atoms with Crippen molar-refractivity contribution in [1.82, 2.24) is 0 Å². The van der Waals surface area contributed by atoms with Crippen LogP contribution in [0.5, 0.6) is 0 Å². The second-order valence-corrected chi connectivity index (χ2v) is 5.27. The summed E-state index contributed by atoms with van der Waals surface area (Å²) in [7, 11) is 0. The van der Waals surface area contributed by atoms with Gasteiger partial charge in [-0.25, -0.2) is 4.99 Å². The molecule has 3 rings (SSSR count). The lowest BCUT2D eigenvalue weighted by atomic mass is 10.1. The number of aliphatic imine (C=N–C) groups is 1. The van der Waals surface area contributed by atoms with Crippen LogP contribution in [0.1, 0.15) is 11.1 Å². The number of hydrogen-bond acceptors (Lipinski definition) is 4. The molecule has 0 radical (unpaired) electrons. The summed E-state index contributed by atoms with van der Waals surface area (Å²) >= 11 is 5.94. The van der Waals surface area contributed by atoms with E-state index in [1.807, 2.05) is 0 Å². The molecule has 0 fully saturated rings. The molecule has 7 heteroatoms. The van der Waals surface area contributed by atoms with E-state index < -0.39 is 4.92 Å². The molecule has 1 N–H and O–H groups in total. The van der Waals surface area contributed by atoms with Gasteiger partial charge in [0.2, 0.25) is 0 Å². The minimum absolute atomic E-state index is 0.0356. The molecule has 0 unspecified atom stereocenters. The van der Waals surface area contributed by atoms with Crippen LogP contribution >= 0.6 is 11.6 Å². The van der Waals surface area contributed by atoms with Crippen LogP contribution in [0.3, 0.4) is 0 Å². The molecule has 1 aliphatic heterocycles. The molecule has 1 heterocycles. The first-order valence-corrected chi connectivity index (χ1v) is 6.78. The summed E-state index contributed by atoms with van der Waals surface area (Å²) in [5.74, 6) is -0.361. The van der Waals surface area contributed by atoms with Gasteiger partial charge in [0.25, 0.3) is 11.6 Å². The van der Waals surface area contributed by atoms with E-state index >= 15 is 0 Å². The van der Waals surface area contributed by atoms with Crippen LogP contribution in [0.2, 0.25) is 5.02 Å². The maximum absolute atomic E-state index is 12.0. The second kappa shape index (κ2) is 5.23. The lowest BCUT2D eigenvalue weighted by molar-refractivity contribution is -0.385. The van der Waals surface area contributed by atoms with Crippen LogP contribution in [-0.2, 0) is 4.79 Å². The summed E-state index contributed by atoms with van der Waals surface area (Å²) < 4.78 is 0. The second-order valence-electron chi connectivity index (χ2n) is 4.83. The van der Waals surface area contributed by atoms with E-state index in [2.05, 4.69) is 10.3 Å². The highest BCUT2D eigenvalue weighted by Crippen LogP contribution is 2.30. The van der Waals surface area contributed by atoms with Crippen molar-refractivity contribution in [3.05, 3.63) is 62.7 Å². The first kappa shape index (κ1) is 14.2. The fourth-order valence-corrected chi connectivity index (χ4v) is 2.40. The molecule has 0 spiro atoms. The zero-order chi connectivity index (χ0) is 15.9. The fraction of sp³-hybridized carbons (Fsp3) is 0.0667. The fourth-order valence-electron chi connectivity index (χ4n) is 2.23. The Labute approximate surface area is 130 Å². The summed E-state index contributed by atoms with van der Waals surface area (Å²) in [6.45, 7) is 1.65. The molecule has 0 atom stereocenters. The highest BCUT2D eigenvalue weighted by atomic mass is 35.5. The summed E-state index contributed by atoms with van der Waals surface area (Å²) in [5.41, 5.74) is 2.24. The average molecular weight is 316 g/mol. The molecule has 1 aliphatic rings. The number of hydrogen-bond donors (Lipinski definition) is 1. The standard InChI is InChI=1S/C15H10ClN3O3/c1-8-2-4-10(7-13(8)19(21)22)17-14-11-6-9(16)3-5-12(11)18-15(14)20/h2-7H,1H3,(H,17,18,20). The Morgan fingerprint density at radius 1 is 1.23 bits per heavy atom. The zero-order valence-corrected chi connectivity index (χ0v) is 12.2.